The maximum absolute atomic E-state index is 9.52. The van der Waals surface area contributed by atoms with Gasteiger partial charge in [-0.1, -0.05) is 26.7 Å². The Kier molecular flexibility index (Phi) is 4.34. The minimum Gasteiger partial charge on any atom is -0.378 e. The fourth-order valence-electron chi connectivity index (χ4n) is 0.914. The second-order valence-electron chi connectivity index (χ2n) is 4.18. The third-order valence-corrected chi connectivity index (χ3v) is 2.54. The highest BCUT2D eigenvalue weighted by molar-refractivity contribution is 5.04. The zero-order chi connectivity index (χ0) is 9.78. The molecule has 1 N–H and O–H groups in total. The Morgan fingerprint density at radius 2 is 1.92 bits per heavy atom. The molecule has 0 aromatic heterocycles. The van der Waals surface area contributed by atoms with Crippen molar-refractivity contribution >= 4 is 0 Å². The van der Waals surface area contributed by atoms with Crippen LogP contribution in [0, 0.1) is 24.2 Å². The van der Waals surface area contributed by atoms with Crippen molar-refractivity contribution in [2.24, 2.45) is 11.8 Å². The van der Waals surface area contributed by atoms with Gasteiger partial charge < -0.3 is 5.11 Å². The maximum Gasteiger partial charge on any atom is 0.122 e. The zero-order valence-electron chi connectivity index (χ0n) is 8.59. The number of hydrogen-bond donors (Lipinski definition) is 1. The highest BCUT2D eigenvalue weighted by atomic mass is 16.3. The van der Waals surface area contributed by atoms with Crippen molar-refractivity contribution in [1.29, 1.82) is 0 Å². The van der Waals surface area contributed by atoms with Crippen molar-refractivity contribution in [3.8, 4) is 12.3 Å². The van der Waals surface area contributed by atoms with Gasteiger partial charge in [-0.15, -0.1) is 6.42 Å². The van der Waals surface area contributed by atoms with Crippen LogP contribution in [0.1, 0.15) is 40.5 Å². The van der Waals surface area contributed by atoms with E-state index in [0.717, 1.165) is 6.42 Å². The summed E-state index contributed by atoms with van der Waals surface area (Å²) < 4.78 is 0. The van der Waals surface area contributed by atoms with Crippen molar-refractivity contribution in [1.82, 2.24) is 0 Å². The quantitative estimate of drug-likeness (QED) is 0.639. The van der Waals surface area contributed by atoms with Crippen molar-refractivity contribution in [2.45, 2.75) is 46.1 Å². The average Bonchev–Trinajstić information content (AvgIpc) is 2.00. The van der Waals surface area contributed by atoms with E-state index < -0.39 is 5.60 Å². The molecule has 0 aliphatic heterocycles. The van der Waals surface area contributed by atoms with E-state index in [1.165, 1.54) is 0 Å². The summed E-state index contributed by atoms with van der Waals surface area (Å²) in [4.78, 5) is 0. The molecular weight excluding hydrogens is 148 g/mol. The summed E-state index contributed by atoms with van der Waals surface area (Å²) in [5.41, 5.74) is -0.914. The summed E-state index contributed by atoms with van der Waals surface area (Å²) in [6, 6.07) is 0. The molecule has 0 saturated heterocycles. The van der Waals surface area contributed by atoms with Gasteiger partial charge >= 0.3 is 0 Å². The largest absolute Gasteiger partial charge is 0.378 e. The third kappa shape index (κ3) is 4.41. The van der Waals surface area contributed by atoms with Crippen molar-refractivity contribution in [2.75, 3.05) is 0 Å². The van der Waals surface area contributed by atoms with Gasteiger partial charge in [-0.2, -0.15) is 0 Å². The molecule has 1 heteroatoms. The fraction of sp³-hybridized carbons (Fsp3) is 0.818. The van der Waals surface area contributed by atoms with E-state index in [1.54, 1.807) is 6.92 Å². The summed E-state index contributed by atoms with van der Waals surface area (Å²) in [6.07, 6.45) is 6.86. The van der Waals surface area contributed by atoms with Crippen LogP contribution in [0.3, 0.4) is 0 Å². The summed E-state index contributed by atoms with van der Waals surface area (Å²) in [6.45, 7) is 8.27. The van der Waals surface area contributed by atoms with Crippen molar-refractivity contribution in [3.63, 3.8) is 0 Å². The Hall–Kier alpha value is -0.480. The molecule has 0 rings (SSSR count). The number of rotatable bonds is 4. The van der Waals surface area contributed by atoms with Crippen LogP contribution in [-0.4, -0.2) is 10.7 Å². The van der Waals surface area contributed by atoms with Crippen LogP contribution in [0.2, 0.25) is 0 Å². The molecule has 70 valence electrons. The van der Waals surface area contributed by atoms with E-state index >= 15 is 0 Å². The highest BCUT2D eigenvalue weighted by Crippen LogP contribution is 2.20. The Morgan fingerprint density at radius 3 is 2.25 bits per heavy atom. The Morgan fingerprint density at radius 1 is 1.42 bits per heavy atom. The van der Waals surface area contributed by atoms with E-state index in [1.807, 2.05) is 0 Å². The van der Waals surface area contributed by atoms with Crippen LogP contribution in [0.4, 0.5) is 0 Å². The molecule has 0 aliphatic carbocycles. The molecular formula is C11H20O. The molecule has 0 fully saturated rings. The van der Waals surface area contributed by atoms with Crippen LogP contribution < -0.4 is 0 Å². The lowest BCUT2D eigenvalue weighted by molar-refractivity contribution is 0.101. The van der Waals surface area contributed by atoms with Crippen molar-refractivity contribution in [3.05, 3.63) is 0 Å². The summed E-state index contributed by atoms with van der Waals surface area (Å²) in [5, 5.41) is 9.52. The first-order valence-electron chi connectivity index (χ1n) is 4.59. The standard InChI is InChI=1S/C11H20O/c1-6-11(5,12)8-7-10(4)9(2)3/h1,9-10,12H,7-8H2,2-5H3/t10-,11-/m0/s1. The molecule has 0 bridgehead atoms. The SMILES string of the molecule is C#C[C@](C)(O)CC[C@H](C)C(C)C. The van der Waals surface area contributed by atoms with Gasteiger partial charge in [0, 0.05) is 0 Å². The average molecular weight is 168 g/mol. The van der Waals surface area contributed by atoms with Crippen LogP contribution in [0.25, 0.3) is 0 Å². The predicted molar refractivity (Wildman–Crippen MR) is 52.7 cm³/mol. The van der Waals surface area contributed by atoms with Crippen LogP contribution in [0.5, 0.6) is 0 Å². The summed E-state index contributed by atoms with van der Waals surface area (Å²) in [7, 11) is 0. The molecule has 0 heterocycles. The smallest absolute Gasteiger partial charge is 0.122 e. The molecule has 1 nitrogen and oxygen atoms in total. The molecule has 0 spiro atoms. The lowest BCUT2D eigenvalue weighted by atomic mass is 9.89. The first-order valence-corrected chi connectivity index (χ1v) is 4.59. The van der Waals surface area contributed by atoms with E-state index in [9.17, 15) is 5.11 Å². The van der Waals surface area contributed by atoms with Crippen LogP contribution in [0.15, 0.2) is 0 Å². The monoisotopic (exact) mass is 168 g/mol. The van der Waals surface area contributed by atoms with Gasteiger partial charge in [0.05, 0.1) is 0 Å². The van der Waals surface area contributed by atoms with Gasteiger partial charge in [0.2, 0.25) is 0 Å². The molecule has 0 radical (unpaired) electrons. The Balaban J connectivity index is 3.77. The van der Waals surface area contributed by atoms with Gasteiger partial charge in [-0.25, -0.2) is 0 Å². The van der Waals surface area contributed by atoms with Gasteiger partial charge in [0.25, 0.3) is 0 Å². The lowest BCUT2D eigenvalue weighted by Crippen LogP contribution is -2.22. The summed E-state index contributed by atoms with van der Waals surface area (Å²) >= 11 is 0. The minimum atomic E-state index is -0.914. The van der Waals surface area contributed by atoms with Gasteiger partial charge in [-0.3, -0.25) is 0 Å². The van der Waals surface area contributed by atoms with Gasteiger partial charge in [-0.05, 0) is 31.6 Å². The van der Waals surface area contributed by atoms with Crippen molar-refractivity contribution < 1.29 is 5.11 Å². The second kappa shape index (κ2) is 4.52. The minimum absolute atomic E-state index is 0.629. The number of terminal acetylenes is 1. The van der Waals surface area contributed by atoms with Crippen LogP contribution in [-0.2, 0) is 0 Å². The van der Waals surface area contributed by atoms with Crippen LogP contribution >= 0.6 is 0 Å². The predicted octanol–water partition coefficient (Wildman–Crippen LogP) is 2.44. The summed E-state index contributed by atoms with van der Waals surface area (Å²) in [5.74, 6) is 3.69. The Labute approximate surface area is 76.2 Å². The molecule has 0 aromatic carbocycles. The molecule has 12 heavy (non-hydrogen) atoms. The lowest BCUT2D eigenvalue weighted by Gasteiger charge is -2.21. The maximum atomic E-state index is 9.52. The second-order valence-corrected chi connectivity index (χ2v) is 4.18. The highest BCUT2D eigenvalue weighted by Gasteiger charge is 2.18. The van der Waals surface area contributed by atoms with E-state index in [0.29, 0.717) is 18.3 Å². The third-order valence-electron chi connectivity index (χ3n) is 2.54. The Bertz CT molecular complexity index is 162. The molecule has 0 saturated carbocycles. The van der Waals surface area contributed by atoms with Gasteiger partial charge in [0.1, 0.15) is 5.60 Å². The molecule has 0 amide bonds. The normalized spacial score (nSPS) is 18.4. The van der Waals surface area contributed by atoms with E-state index in [4.69, 9.17) is 6.42 Å². The first kappa shape index (κ1) is 11.5. The number of aliphatic hydroxyl groups is 1. The fourth-order valence-corrected chi connectivity index (χ4v) is 0.914. The topological polar surface area (TPSA) is 20.2 Å². The molecule has 0 aliphatic rings. The first-order chi connectivity index (χ1) is 5.39. The molecule has 0 unspecified atom stereocenters. The van der Waals surface area contributed by atoms with Gasteiger partial charge in [0.15, 0.2) is 0 Å². The van der Waals surface area contributed by atoms with E-state index in [2.05, 4.69) is 26.7 Å². The molecule has 0 aromatic rings. The van der Waals surface area contributed by atoms with E-state index in [-0.39, 0.29) is 0 Å². The number of hydrogen-bond acceptors (Lipinski definition) is 1. The molecule has 2 atom stereocenters. The zero-order valence-corrected chi connectivity index (χ0v) is 8.59.